The summed E-state index contributed by atoms with van der Waals surface area (Å²) in [4.78, 5) is 13.8. The Labute approximate surface area is 184 Å². The summed E-state index contributed by atoms with van der Waals surface area (Å²) in [5.74, 6) is 2.34. The second-order valence-corrected chi connectivity index (χ2v) is 10.2. The molecule has 0 bridgehead atoms. The molecule has 0 N–H and O–H groups in total. The number of sulfonamides is 1. The number of hydrogen-bond acceptors (Lipinski definition) is 7. The molecular formula is C22H31N5O3S. The van der Waals surface area contributed by atoms with E-state index in [1.54, 1.807) is 4.31 Å². The molecule has 3 heterocycles. The molecule has 4 rings (SSSR count). The minimum atomic E-state index is -3.36. The van der Waals surface area contributed by atoms with E-state index in [1.807, 2.05) is 43.3 Å². The molecule has 0 atom stereocenters. The Bertz CT molecular complexity index is 956. The average Bonchev–Trinajstić information content (AvgIpc) is 2.80. The number of nitrogens with zero attached hydrogens (tertiary/aromatic N) is 5. The fraction of sp³-hybridized carbons (Fsp3) is 0.545. The van der Waals surface area contributed by atoms with Gasteiger partial charge < -0.3 is 14.5 Å². The minimum Gasteiger partial charge on any atom is -0.492 e. The molecule has 1 aromatic carbocycles. The molecule has 9 heteroatoms. The lowest BCUT2D eigenvalue weighted by atomic mass is 10.1. The monoisotopic (exact) mass is 445 g/mol. The molecule has 0 amide bonds. The maximum absolute atomic E-state index is 12.7. The smallest absolute Gasteiger partial charge is 0.227 e. The highest BCUT2D eigenvalue weighted by atomic mass is 32.2. The van der Waals surface area contributed by atoms with E-state index in [-0.39, 0.29) is 12.4 Å². The van der Waals surface area contributed by atoms with Crippen molar-refractivity contribution < 1.29 is 13.2 Å². The zero-order valence-corrected chi connectivity index (χ0v) is 18.9. The van der Waals surface area contributed by atoms with Crippen molar-refractivity contribution in [1.29, 1.82) is 0 Å². The zero-order chi connectivity index (χ0) is 21.7. The van der Waals surface area contributed by atoms with Crippen LogP contribution in [0.15, 0.2) is 36.4 Å². The molecular weight excluding hydrogens is 414 g/mol. The number of para-hydroxylation sites is 1. The fourth-order valence-corrected chi connectivity index (χ4v) is 5.31. The van der Waals surface area contributed by atoms with Crippen molar-refractivity contribution in [1.82, 2.24) is 14.3 Å². The normalized spacial score (nSPS) is 18.2. The maximum Gasteiger partial charge on any atom is 0.227 e. The van der Waals surface area contributed by atoms with Crippen LogP contribution in [0, 0.1) is 6.92 Å². The standard InChI is InChI=1S/C22H31N5O3S/c1-19-18-21(25-10-6-3-7-11-25)24-22(23-19)26-12-14-27(15-13-26)31(28,29)17-16-30-20-8-4-2-5-9-20/h2,4-5,8-9,18H,3,6-7,10-17H2,1H3. The molecule has 0 radical (unpaired) electrons. The van der Waals surface area contributed by atoms with Crippen LogP contribution in [0.4, 0.5) is 11.8 Å². The average molecular weight is 446 g/mol. The number of piperidine rings is 1. The van der Waals surface area contributed by atoms with Crippen molar-refractivity contribution in [3.8, 4) is 5.75 Å². The van der Waals surface area contributed by atoms with E-state index < -0.39 is 10.0 Å². The molecule has 31 heavy (non-hydrogen) atoms. The van der Waals surface area contributed by atoms with E-state index in [4.69, 9.17) is 9.72 Å². The van der Waals surface area contributed by atoms with Crippen LogP contribution < -0.4 is 14.5 Å². The summed E-state index contributed by atoms with van der Waals surface area (Å²) in [5, 5.41) is 0. The van der Waals surface area contributed by atoms with Gasteiger partial charge in [0, 0.05) is 51.0 Å². The SMILES string of the molecule is Cc1cc(N2CCCCC2)nc(N2CCN(S(=O)(=O)CCOc3ccccc3)CC2)n1. The van der Waals surface area contributed by atoms with Crippen LogP contribution in [-0.2, 0) is 10.0 Å². The Morgan fingerprint density at radius 1 is 0.903 bits per heavy atom. The largest absolute Gasteiger partial charge is 0.492 e. The number of aromatic nitrogens is 2. The van der Waals surface area contributed by atoms with Crippen LogP contribution in [-0.4, -0.2) is 74.3 Å². The van der Waals surface area contributed by atoms with Gasteiger partial charge in [-0.25, -0.2) is 13.4 Å². The first-order valence-electron chi connectivity index (χ1n) is 11.0. The van der Waals surface area contributed by atoms with Crippen molar-refractivity contribution in [2.45, 2.75) is 26.2 Å². The molecule has 2 aliphatic rings. The van der Waals surface area contributed by atoms with Crippen LogP contribution in [0.25, 0.3) is 0 Å². The van der Waals surface area contributed by atoms with Gasteiger partial charge in [0.25, 0.3) is 0 Å². The summed E-state index contributed by atoms with van der Waals surface area (Å²) in [7, 11) is -3.36. The van der Waals surface area contributed by atoms with Gasteiger partial charge >= 0.3 is 0 Å². The van der Waals surface area contributed by atoms with E-state index in [9.17, 15) is 8.42 Å². The lowest BCUT2D eigenvalue weighted by molar-refractivity contribution is 0.330. The van der Waals surface area contributed by atoms with Gasteiger partial charge in [-0.05, 0) is 38.3 Å². The summed E-state index contributed by atoms with van der Waals surface area (Å²) in [6.45, 7) is 6.25. The van der Waals surface area contributed by atoms with E-state index in [1.165, 1.54) is 19.3 Å². The van der Waals surface area contributed by atoms with Gasteiger partial charge in [0.2, 0.25) is 16.0 Å². The van der Waals surface area contributed by atoms with Gasteiger partial charge in [0.1, 0.15) is 18.2 Å². The van der Waals surface area contributed by atoms with Gasteiger partial charge in [-0.15, -0.1) is 0 Å². The Kier molecular flexibility index (Phi) is 6.92. The quantitative estimate of drug-likeness (QED) is 0.647. The number of ether oxygens (including phenoxy) is 1. The predicted octanol–water partition coefficient (Wildman–Crippen LogP) is 2.31. The first-order valence-corrected chi connectivity index (χ1v) is 12.6. The number of hydrogen-bond donors (Lipinski definition) is 0. The van der Waals surface area contributed by atoms with E-state index in [0.29, 0.717) is 37.9 Å². The van der Waals surface area contributed by atoms with Crippen molar-refractivity contribution in [3.63, 3.8) is 0 Å². The lowest BCUT2D eigenvalue weighted by Crippen LogP contribution is -2.50. The Morgan fingerprint density at radius 2 is 1.61 bits per heavy atom. The fourth-order valence-electron chi connectivity index (χ4n) is 4.04. The molecule has 0 aliphatic carbocycles. The molecule has 0 unspecified atom stereocenters. The van der Waals surface area contributed by atoms with E-state index in [0.717, 1.165) is 24.6 Å². The Morgan fingerprint density at radius 3 is 2.32 bits per heavy atom. The highest BCUT2D eigenvalue weighted by Crippen LogP contribution is 2.22. The maximum atomic E-state index is 12.7. The lowest BCUT2D eigenvalue weighted by Gasteiger charge is -2.35. The van der Waals surface area contributed by atoms with Crippen LogP contribution in [0.3, 0.4) is 0 Å². The topological polar surface area (TPSA) is 78.9 Å². The zero-order valence-electron chi connectivity index (χ0n) is 18.1. The molecule has 2 fully saturated rings. The second kappa shape index (κ2) is 9.82. The highest BCUT2D eigenvalue weighted by molar-refractivity contribution is 7.89. The third-order valence-corrected chi connectivity index (χ3v) is 7.61. The highest BCUT2D eigenvalue weighted by Gasteiger charge is 2.28. The Balaban J connectivity index is 1.33. The van der Waals surface area contributed by atoms with Gasteiger partial charge in [-0.3, -0.25) is 0 Å². The van der Waals surface area contributed by atoms with Crippen molar-refractivity contribution in [2.75, 3.05) is 61.4 Å². The molecule has 8 nitrogen and oxygen atoms in total. The molecule has 2 saturated heterocycles. The second-order valence-electron chi connectivity index (χ2n) is 8.08. The first kappa shape index (κ1) is 21.8. The van der Waals surface area contributed by atoms with Gasteiger partial charge in [0.15, 0.2) is 0 Å². The number of rotatable bonds is 7. The molecule has 168 valence electrons. The number of benzene rings is 1. The molecule has 1 aromatic heterocycles. The van der Waals surface area contributed by atoms with Crippen LogP contribution >= 0.6 is 0 Å². The van der Waals surface area contributed by atoms with Crippen molar-refractivity contribution >= 4 is 21.8 Å². The van der Waals surface area contributed by atoms with Crippen molar-refractivity contribution in [3.05, 3.63) is 42.1 Å². The molecule has 2 aromatic rings. The number of piperazine rings is 1. The van der Waals surface area contributed by atoms with E-state index in [2.05, 4.69) is 14.8 Å². The minimum absolute atomic E-state index is 0.0258. The van der Waals surface area contributed by atoms with Crippen molar-refractivity contribution in [2.24, 2.45) is 0 Å². The molecule has 0 saturated carbocycles. The summed E-state index contributed by atoms with van der Waals surface area (Å²) in [6.07, 6.45) is 3.67. The Hall–Kier alpha value is -2.39. The number of anilines is 2. The third-order valence-electron chi connectivity index (χ3n) is 5.78. The summed E-state index contributed by atoms with van der Waals surface area (Å²) in [5.41, 5.74) is 0.943. The van der Waals surface area contributed by atoms with Gasteiger partial charge in [0.05, 0.1) is 5.75 Å². The molecule has 0 spiro atoms. The summed E-state index contributed by atoms with van der Waals surface area (Å²) >= 11 is 0. The first-order chi connectivity index (χ1) is 15.0. The summed E-state index contributed by atoms with van der Waals surface area (Å²) in [6, 6.07) is 11.3. The van der Waals surface area contributed by atoms with E-state index >= 15 is 0 Å². The third kappa shape index (κ3) is 5.65. The summed E-state index contributed by atoms with van der Waals surface area (Å²) < 4.78 is 32.6. The van der Waals surface area contributed by atoms with Gasteiger partial charge in [-0.1, -0.05) is 18.2 Å². The van der Waals surface area contributed by atoms with Crippen LogP contribution in [0.5, 0.6) is 5.75 Å². The molecule has 2 aliphatic heterocycles. The predicted molar refractivity (Wildman–Crippen MR) is 122 cm³/mol. The van der Waals surface area contributed by atoms with Crippen LogP contribution in [0.2, 0.25) is 0 Å². The van der Waals surface area contributed by atoms with Crippen LogP contribution in [0.1, 0.15) is 25.0 Å². The van der Waals surface area contributed by atoms with Gasteiger partial charge in [-0.2, -0.15) is 9.29 Å². The number of aryl methyl sites for hydroxylation is 1.